The van der Waals surface area contributed by atoms with Gasteiger partial charge in [-0.15, -0.1) is 0 Å². The van der Waals surface area contributed by atoms with Gasteiger partial charge in [-0.3, -0.25) is 4.79 Å². The second-order valence-electron chi connectivity index (χ2n) is 1.82. The van der Waals surface area contributed by atoms with E-state index in [9.17, 15) is 4.79 Å². The molecule has 4 nitrogen and oxygen atoms in total. The van der Waals surface area contributed by atoms with Crippen LogP contribution >= 0.6 is 0 Å². The van der Waals surface area contributed by atoms with Gasteiger partial charge in [0.25, 0.3) is 0 Å². The van der Waals surface area contributed by atoms with Crippen molar-refractivity contribution in [2.45, 2.75) is 6.92 Å². The Balaban J connectivity index is 3.65. The molecule has 4 heteroatoms. The Kier molecular flexibility index (Phi) is 4.88. The number of methoxy groups -OCH3 is 1. The molecule has 10 heavy (non-hydrogen) atoms. The zero-order chi connectivity index (χ0) is 7.98. The van der Waals surface area contributed by atoms with Gasteiger partial charge in [-0.05, 0) is 6.92 Å². The molecule has 60 valence electrons. The van der Waals surface area contributed by atoms with Gasteiger partial charge in [-0.25, -0.2) is 0 Å². The number of rotatable bonds is 4. The van der Waals surface area contributed by atoms with E-state index in [1.807, 2.05) is 0 Å². The van der Waals surface area contributed by atoms with Gasteiger partial charge in [-0.2, -0.15) is 0 Å². The van der Waals surface area contributed by atoms with Gasteiger partial charge in [-0.1, -0.05) is 0 Å². The largest absolute Gasteiger partial charge is 0.376 e. The zero-order valence-electron chi connectivity index (χ0n) is 6.33. The highest BCUT2D eigenvalue weighted by Gasteiger charge is 2.07. The van der Waals surface area contributed by atoms with Crippen molar-refractivity contribution in [3.8, 4) is 0 Å². The summed E-state index contributed by atoms with van der Waals surface area (Å²) in [5, 5.41) is 8.57. The van der Waals surface area contributed by atoms with Crippen LogP contribution in [0.25, 0.3) is 0 Å². The molecule has 1 N–H and O–H groups in total. The first kappa shape index (κ1) is 9.39. The number of nitrogens with zero attached hydrogens (tertiary/aromatic N) is 1. The first-order valence-electron chi connectivity index (χ1n) is 3.13. The fraction of sp³-hybridized carbons (Fsp3) is 0.833. The molecule has 0 rings (SSSR count). The van der Waals surface area contributed by atoms with E-state index in [1.165, 1.54) is 12.0 Å². The Bertz CT molecular complexity index is 101. The van der Waals surface area contributed by atoms with E-state index in [-0.39, 0.29) is 19.2 Å². The standard InChI is InChI=1S/C6H13NO3/c1-3-7(5-8)6(9)4-10-2/h8H,3-5H2,1-2H3. The predicted octanol–water partition coefficient (Wildman–Crippen LogP) is -0.569. The maximum atomic E-state index is 10.8. The zero-order valence-corrected chi connectivity index (χ0v) is 6.33. The van der Waals surface area contributed by atoms with E-state index in [0.717, 1.165) is 0 Å². The molecule has 0 spiro atoms. The predicted molar refractivity (Wildman–Crippen MR) is 36.3 cm³/mol. The highest BCUT2D eigenvalue weighted by atomic mass is 16.5. The second kappa shape index (κ2) is 5.20. The van der Waals surface area contributed by atoms with Gasteiger partial charge in [0.1, 0.15) is 13.3 Å². The minimum Gasteiger partial charge on any atom is -0.376 e. The Morgan fingerprint density at radius 2 is 2.30 bits per heavy atom. The van der Waals surface area contributed by atoms with Crippen LogP contribution in [0, 0.1) is 0 Å². The van der Waals surface area contributed by atoms with Gasteiger partial charge in [0.05, 0.1) is 0 Å². The maximum absolute atomic E-state index is 10.8. The SMILES string of the molecule is CCN(CO)C(=O)COC. The first-order valence-corrected chi connectivity index (χ1v) is 3.13. The molecule has 0 aromatic carbocycles. The summed E-state index contributed by atoms with van der Waals surface area (Å²) in [5.74, 6) is -0.187. The monoisotopic (exact) mass is 147 g/mol. The van der Waals surface area contributed by atoms with Crippen LogP contribution in [-0.2, 0) is 9.53 Å². The summed E-state index contributed by atoms with van der Waals surface area (Å²) in [6.45, 7) is 2.11. The third-order valence-corrected chi connectivity index (χ3v) is 1.17. The molecule has 1 amide bonds. The summed E-state index contributed by atoms with van der Waals surface area (Å²) >= 11 is 0. The van der Waals surface area contributed by atoms with Crippen LogP contribution in [0.15, 0.2) is 0 Å². The number of hydrogen-bond acceptors (Lipinski definition) is 3. The van der Waals surface area contributed by atoms with Crippen molar-refractivity contribution in [3.63, 3.8) is 0 Å². The summed E-state index contributed by atoms with van der Waals surface area (Å²) in [5.41, 5.74) is 0. The van der Waals surface area contributed by atoms with Crippen molar-refractivity contribution in [1.82, 2.24) is 4.90 Å². The molecule has 0 heterocycles. The molecule has 0 fully saturated rings. The minimum atomic E-state index is -0.237. The van der Waals surface area contributed by atoms with Gasteiger partial charge in [0.15, 0.2) is 0 Å². The number of aliphatic hydroxyl groups excluding tert-OH is 1. The van der Waals surface area contributed by atoms with E-state index in [4.69, 9.17) is 5.11 Å². The lowest BCUT2D eigenvalue weighted by molar-refractivity contribution is -0.138. The van der Waals surface area contributed by atoms with Crippen LogP contribution in [0.2, 0.25) is 0 Å². The van der Waals surface area contributed by atoms with Crippen LogP contribution in [0.5, 0.6) is 0 Å². The second-order valence-corrected chi connectivity index (χ2v) is 1.82. The molecular formula is C6H13NO3. The first-order chi connectivity index (χ1) is 4.76. The molecule has 0 aliphatic heterocycles. The highest BCUT2D eigenvalue weighted by molar-refractivity contribution is 5.77. The topological polar surface area (TPSA) is 49.8 Å². The van der Waals surface area contributed by atoms with Gasteiger partial charge >= 0.3 is 0 Å². The normalized spacial score (nSPS) is 9.50. The third kappa shape index (κ3) is 2.80. The number of ether oxygens (including phenoxy) is 1. The number of amides is 1. The van der Waals surface area contributed by atoms with Gasteiger partial charge in [0.2, 0.25) is 5.91 Å². The van der Waals surface area contributed by atoms with Crippen LogP contribution < -0.4 is 0 Å². The third-order valence-electron chi connectivity index (χ3n) is 1.17. The van der Waals surface area contributed by atoms with E-state index >= 15 is 0 Å². The lowest BCUT2D eigenvalue weighted by Crippen LogP contribution is -2.34. The Hall–Kier alpha value is -0.610. The molecule has 0 unspecified atom stereocenters. The number of hydrogen-bond donors (Lipinski definition) is 1. The maximum Gasteiger partial charge on any atom is 0.250 e. The van der Waals surface area contributed by atoms with Crippen molar-refractivity contribution in [2.24, 2.45) is 0 Å². The molecule has 0 bridgehead atoms. The highest BCUT2D eigenvalue weighted by Crippen LogP contribution is 1.86. The fourth-order valence-corrected chi connectivity index (χ4v) is 0.570. The van der Waals surface area contributed by atoms with Crippen molar-refractivity contribution >= 4 is 5.91 Å². The van der Waals surface area contributed by atoms with Crippen LogP contribution in [-0.4, -0.2) is 42.9 Å². The van der Waals surface area contributed by atoms with E-state index in [1.54, 1.807) is 6.92 Å². The summed E-state index contributed by atoms with van der Waals surface area (Å²) in [4.78, 5) is 12.1. The summed E-state index contributed by atoms with van der Waals surface area (Å²) in [6.07, 6.45) is 0. The van der Waals surface area contributed by atoms with Gasteiger partial charge in [0, 0.05) is 13.7 Å². The summed E-state index contributed by atoms with van der Waals surface area (Å²) < 4.78 is 4.59. The minimum absolute atomic E-state index is 0.0361. The van der Waals surface area contributed by atoms with Crippen molar-refractivity contribution < 1.29 is 14.6 Å². The molecule has 0 radical (unpaired) electrons. The Morgan fingerprint density at radius 1 is 1.70 bits per heavy atom. The lowest BCUT2D eigenvalue weighted by atomic mass is 10.5. The average Bonchev–Trinajstić information content (AvgIpc) is 1.91. The van der Waals surface area contributed by atoms with Crippen LogP contribution in [0.3, 0.4) is 0 Å². The van der Waals surface area contributed by atoms with Crippen molar-refractivity contribution in [2.75, 3.05) is 27.0 Å². The molecule has 0 saturated heterocycles. The van der Waals surface area contributed by atoms with E-state index < -0.39 is 0 Å². The van der Waals surface area contributed by atoms with E-state index in [0.29, 0.717) is 6.54 Å². The van der Waals surface area contributed by atoms with E-state index in [2.05, 4.69) is 4.74 Å². The summed E-state index contributed by atoms with van der Waals surface area (Å²) in [6, 6.07) is 0. The molecule has 0 saturated carbocycles. The number of carbonyl (C=O) groups is 1. The van der Waals surface area contributed by atoms with Gasteiger partial charge < -0.3 is 14.7 Å². The average molecular weight is 147 g/mol. The molecule has 0 atom stereocenters. The molecular weight excluding hydrogens is 134 g/mol. The Labute approximate surface area is 60.4 Å². The molecule has 0 aromatic rings. The molecule has 0 aliphatic rings. The number of carbonyl (C=O) groups excluding carboxylic acids is 1. The molecule has 0 aromatic heterocycles. The van der Waals surface area contributed by atoms with Crippen molar-refractivity contribution in [1.29, 1.82) is 0 Å². The van der Waals surface area contributed by atoms with Crippen LogP contribution in [0.1, 0.15) is 6.92 Å². The lowest BCUT2D eigenvalue weighted by Gasteiger charge is -2.16. The number of aliphatic hydroxyl groups is 1. The quantitative estimate of drug-likeness (QED) is 0.542. The molecule has 0 aliphatic carbocycles. The van der Waals surface area contributed by atoms with Crippen LogP contribution in [0.4, 0.5) is 0 Å². The van der Waals surface area contributed by atoms with Crippen molar-refractivity contribution in [3.05, 3.63) is 0 Å². The Morgan fingerprint density at radius 3 is 2.60 bits per heavy atom. The smallest absolute Gasteiger partial charge is 0.250 e. The number of likely N-dealkylation sites (N-methyl/N-ethyl adjacent to an activating group) is 1. The fourth-order valence-electron chi connectivity index (χ4n) is 0.570. The summed E-state index contributed by atoms with van der Waals surface area (Å²) in [7, 11) is 1.45.